The van der Waals surface area contributed by atoms with Gasteiger partial charge in [-0.3, -0.25) is 0 Å². The number of rotatable bonds is 6. The predicted molar refractivity (Wildman–Crippen MR) is 73.2 cm³/mol. The van der Waals surface area contributed by atoms with E-state index < -0.39 is 0 Å². The summed E-state index contributed by atoms with van der Waals surface area (Å²) < 4.78 is 24.2. The second-order valence-corrected chi connectivity index (χ2v) is 4.69. The number of oxazole rings is 1. The van der Waals surface area contributed by atoms with Crippen molar-refractivity contribution in [2.75, 3.05) is 20.3 Å². The molecular weight excluding hydrogens is 315 g/mol. The van der Waals surface area contributed by atoms with Gasteiger partial charge >= 0.3 is 0 Å². The number of hydrogen-bond donors (Lipinski definition) is 1. The summed E-state index contributed by atoms with van der Waals surface area (Å²) in [6, 6.07) is 4.81. The molecule has 0 radical (unpaired) electrons. The van der Waals surface area contributed by atoms with E-state index in [4.69, 9.17) is 9.15 Å². The van der Waals surface area contributed by atoms with E-state index in [9.17, 15) is 4.39 Å². The van der Waals surface area contributed by atoms with Crippen molar-refractivity contribution >= 4 is 15.9 Å². The monoisotopic (exact) mass is 328 g/mol. The third kappa shape index (κ3) is 3.40. The van der Waals surface area contributed by atoms with E-state index in [1.807, 2.05) is 0 Å². The van der Waals surface area contributed by atoms with E-state index in [0.29, 0.717) is 35.5 Å². The first-order valence-corrected chi connectivity index (χ1v) is 6.59. The quantitative estimate of drug-likeness (QED) is 0.828. The first-order valence-electron chi connectivity index (χ1n) is 5.80. The van der Waals surface area contributed by atoms with Gasteiger partial charge in [-0.05, 0) is 28.1 Å². The second-order valence-electron chi connectivity index (χ2n) is 3.90. The maximum atomic E-state index is 13.5. The molecule has 0 aliphatic carbocycles. The third-order valence-electron chi connectivity index (χ3n) is 2.61. The highest BCUT2D eigenvalue weighted by atomic mass is 79.9. The first-order chi connectivity index (χ1) is 9.24. The molecular formula is C13H14BrFN2O2. The van der Waals surface area contributed by atoms with Crippen LogP contribution in [0.4, 0.5) is 4.39 Å². The van der Waals surface area contributed by atoms with Gasteiger partial charge < -0.3 is 14.5 Å². The number of nitrogens with one attached hydrogen (secondary N) is 1. The van der Waals surface area contributed by atoms with Gasteiger partial charge in [0.25, 0.3) is 0 Å². The minimum absolute atomic E-state index is 0.327. The highest BCUT2D eigenvalue weighted by molar-refractivity contribution is 9.10. The van der Waals surface area contributed by atoms with Gasteiger partial charge in [0.05, 0.1) is 11.1 Å². The fraction of sp³-hybridized carbons (Fsp3) is 0.308. The Hall–Kier alpha value is -1.24. The Morgan fingerprint density at radius 3 is 3.11 bits per heavy atom. The van der Waals surface area contributed by atoms with E-state index in [1.54, 1.807) is 19.2 Å². The summed E-state index contributed by atoms with van der Waals surface area (Å²) >= 11 is 3.23. The van der Waals surface area contributed by atoms with Crippen molar-refractivity contribution in [2.24, 2.45) is 0 Å². The number of halogens is 2. The number of aromatic nitrogens is 1. The number of methoxy groups -OCH3 is 1. The number of ether oxygens (including phenoxy) is 1. The van der Waals surface area contributed by atoms with Gasteiger partial charge in [0, 0.05) is 25.8 Å². The number of hydrogen-bond acceptors (Lipinski definition) is 4. The molecule has 0 atom stereocenters. The molecule has 6 heteroatoms. The third-order valence-corrected chi connectivity index (χ3v) is 3.42. The van der Waals surface area contributed by atoms with Crippen LogP contribution in [-0.2, 0) is 11.3 Å². The van der Waals surface area contributed by atoms with Crippen molar-refractivity contribution in [2.45, 2.75) is 6.54 Å². The van der Waals surface area contributed by atoms with E-state index in [-0.39, 0.29) is 5.82 Å². The highest BCUT2D eigenvalue weighted by Gasteiger charge is 2.15. The fourth-order valence-electron chi connectivity index (χ4n) is 1.67. The standard InChI is InChI=1S/C13H14BrFN2O2/c1-18-6-5-16-7-11-13(19-8-17-11)9-3-2-4-10(15)12(9)14/h2-4,8,16H,5-7H2,1H3. The Balaban J connectivity index is 2.17. The van der Waals surface area contributed by atoms with Gasteiger partial charge in [-0.1, -0.05) is 6.07 Å². The summed E-state index contributed by atoms with van der Waals surface area (Å²) in [6.45, 7) is 1.88. The van der Waals surface area contributed by atoms with Crippen molar-refractivity contribution in [3.63, 3.8) is 0 Å². The molecule has 19 heavy (non-hydrogen) atoms. The van der Waals surface area contributed by atoms with Gasteiger partial charge in [0.2, 0.25) is 0 Å². The van der Waals surface area contributed by atoms with Crippen LogP contribution in [0.2, 0.25) is 0 Å². The zero-order valence-corrected chi connectivity index (χ0v) is 12.0. The highest BCUT2D eigenvalue weighted by Crippen LogP contribution is 2.32. The lowest BCUT2D eigenvalue weighted by Crippen LogP contribution is -2.19. The maximum absolute atomic E-state index is 13.5. The van der Waals surface area contributed by atoms with Crippen LogP contribution in [0.1, 0.15) is 5.69 Å². The predicted octanol–water partition coefficient (Wildman–Crippen LogP) is 2.98. The Bertz CT molecular complexity index is 545. The van der Waals surface area contributed by atoms with Crippen LogP contribution in [-0.4, -0.2) is 25.2 Å². The van der Waals surface area contributed by atoms with E-state index >= 15 is 0 Å². The SMILES string of the molecule is COCCNCc1ncoc1-c1cccc(F)c1Br. The van der Waals surface area contributed by atoms with Crippen LogP contribution in [0, 0.1) is 5.82 Å². The van der Waals surface area contributed by atoms with Crippen molar-refractivity contribution in [1.29, 1.82) is 0 Å². The van der Waals surface area contributed by atoms with Gasteiger partial charge in [-0.2, -0.15) is 0 Å². The van der Waals surface area contributed by atoms with Gasteiger partial charge in [0.1, 0.15) is 11.5 Å². The lowest BCUT2D eigenvalue weighted by atomic mass is 10.1. The molecule has 0 saturated carbocycles. The van der Waals surface area contributed by atoms with Crippen LogP contribution in [0.5, 0.6) is 0 Å². The minimum Gasteiger partial charge on any atom is -0.443 e. The minimum atomic E-state index is -0.327. The van der Waals surface area contributed by atoms with Crippen LogP contribution >= 0.6 is 15.9 Å². The molecule has 0 aliphatic rings. The molecule has 0 bridgehead atoms. The molecule has 0 amide bonds. The number of nitrogens with zero attached hydrogens (tertiary/aromatic N) is 1. The Labute approximate surface area is 119 Å². The largest absolute Gasteiger partial charge is 0.443 e. The summed E-state index contributed by atoms with van der Waals surface area (Å²) in [7, 11) is 1.65. The average Bonchev–Trinajstić information content (AvgIpc) is 2.86. The zero-order valence-electron chi connectivity index (χ0n) is 10.5. The lowest BCUT2D eigenvalue weighted by Gasteiger charge is -2.05. The molecule has 0 fully saturated rings. The van der Waals surface area contributed by atoms with E-state index in [0.717, 1.165) is 5.69 Å². The van der Waals surface area contributed by atoms with Crippen molar-refractivity contribution in [3.8, 4) is 11.3 Å². The van der Waals surface area contributed by atoms with Crippen LogP contribution in [0.15, 0.2) is 33.5 Å². The van der Waals surface area contributed by atoms with Crippen LogP contribution < -0.4 is 5.32 Å². The van der Waals surface area contributed by atoms with E-state index in [1.165, 1.54) is 12.5 Å². The van der Waals surface area contributed by atoms with Gasteiger partial charge in [-0.25, -0.2) is 9.37 Å². The molecule has 0 unspecified atom stereocenters. The topological polar surface area (TPSA) is 47.3 Å². The summed E-state index contributed by atoms with van der Waals surface area (Å²) in [6.07, 6.45) is 1.36. The lowest BCUT2D eigenvalue weighted by molar-refractivity contribution is 0.199. The summed E-state index contributed by atoms with van der Waals surface area (Å²) in [4.78, 5) is 4.15. The van der Waals surface area contributed by atoms with Crippen LogP contribution in [0.25, 0.3) is 11.3 Å². The molecule has 2 aromatic rings. The van der Waals surface area contributed by atoms with Gasteiger partial charge in [-0.15, -0.1) is 0 Å². The smallest absolute Gasteiger partial charge is 0.181 e. The molecule has 1 aromatic carbocycles. The van der Waals surface area contributed by atoms with E-state index in [2.05, 4.69) is 26.2 Å². The molecule has 0 saturated heterocycles. The molecule has 1 aromatic heterocycles. The summed E-state index contributed by atoms with van der Waals surface area (Å²) in [5, 5.41) is 3.18. The zero-order chi connectivity index (χ0) is 13.7. The maximum Gasteiger partial charge on any atom is 0.181 e. The Morgan fingerprint density at radius 2 is 2.32 bits per heavy atom. The van der Waals surface area contributed by atoms with Crippen molar-refractivity contribution in [1.82, 2.24) is 10.3 Å². The summed E-state index contributed by atoms with van der Waals surface area (Å²) in [5.74, 6) is 0.239. The molecule has 0 spiro atoms. The fourth-order valence-corrected chi connectivity index (χ4v) is 2.12. The molecule has 102 valence electrons. The number of benzene rings is 1. The Morgan fingerprint density at radius 1 is 1.47 bits per heavy atom. The van der Waals surface area contributed by atoms with Crippen molar-refractivity contribution in [3.05, 3.63) is 40.6 Å². The molecule has 2 rings (SSSR count). The average molecular weight is 329 g/mol. The second kappa shape index (κ2) is 6.79. The molecule has 0 aliphatic heterocycles. The first kappa shape index (κ1) is 14.2. The molecule has 4 nitrogen and oxygen atoms in total. The normalized spacial score (nSPS) is 10.9. The van der Waals surface area contributed by atoms with Crippen LogP contribution in [0.3, 0.4) is 0 Å². The Kier molecular flexibility index (Phi) is 5.07. The molecule has 1 N–H and O–H groups in total. The summed E-state index contributed by atoms with van der Waals surface area (Å²) in [5.41, 5.74) is 1.39. The van der Waals surface area contributed by atoms with Crippen molar-refractivity contribution < 1.29 is 13.5 Å². The molecule has 1 heterocycles. The van der Waals surface area contributed by atoms with Gasteiger partial charge in [0.15, 0.2) is 12.2 Å².